The lowest BCUT2D eigenvalue weighted by Crippen LogP contribution is -2.21. The fraction of sp³-hybridized carbons (Fsp3) is 0.480. The molecule has 0 N–H and O–H groups in total. The zero-order valence-corrected chi connectivity index (χ0v) is 16.1. The van der Waals surface area contributed by atoms with E-state index >= 15 is 0 Å². The number of hydrogen-bond acceptors (Lipinski definition) is 1. The number of hydrogen-bond donors (Lipinski definition) is 0. The molecule has 0 fully saturated rings. The van der Waals surface area contributed by atoms with E-state index in [1.54, 1.807) is 0 Å². The molecular weight excluding hydrogens is 316 g/mol. The first kappa shape index (κ1) is 20.4. The van der Waals surface area contributed by atoms with Gasteiger partial charge in [-0.15, -0.1) is 0 Å². The van der Waals surface area contributed by atoms with Gasteiger partial charge in [0.05, 0.1) is 0 Å². The van der Waals surface area contributed by atoms with Gasteiger partial charge in [0, 0.05) is 11.8 Å². The van der Waals surface area contributed by atoms with E-state index in [2.05, 4.69) is 72.9 Å². The lowest BCUT2D eigenvalue weighted by Gasteiger charge is -2.17. The molecule has 0 spiro atoms. The molecule has 26 heavy (non-hydrogen) atoms. The van der Waals surface area contributed by atoms with Crippen molar-refractivity contribution in [3.8, 4) is 0 Å². The Morgan fingerprint density at radius 3 is 1.35 bits per heavy atom. The average molecular weight is 351 g/mol. The molecule has 1 nitrogen and oxygen atoms in total. The molecule has 0 aromatic rings. The summed E-state index contributed by atoms with van der Waals surface area (Å²) in [4.78, 5) is 13.2. The van der Waals surface area contributed by atoms with Gasteiger partial charge in [-0.3, -0.25) is 4.79 Å². The summed E-state index contributed by atoms with van der Waals surface area (Å²) in [5.41, 5.74) is 0. The highest BCUT2D eigenvalue weighted by Crippen LogP contribution is 2.22. The Hall–Kier alpha value is -1.89. The van der Waals surface area contributed by atoms with E-state index in [0.717, 1.165) is 64.2 Å². The van der Waals surface area contributed by atoms with Crippen molar-refractivity contribution in [2.75, 3.05) is 0 Å². The fourth-order valence-electron chi connectivity index (χ4n) is 3.42. The number of rotatable bonds is 2. The van der Waals surface area contributed by atoms with Crippen LogP contribution in [0.5, 0.6) is 0 Å². The van der Waals surface area contributed by atoms with Crippen LogP contribution < -0.4 is 0 Å². The predicted molar refractivity (Wildman–Crippen MR) is 113 cm³/mol. The molecule has 0 amide bonds. The molecule has 0 saturated carbocycles. The first-order valence-corrected chi connectivity index (χ1v) is 10.3. The van der Waals surface area contributed by atoms with Crippen LogP contribution in [0.3, 0.4) is 0 Å². The van der Waals surface area contributed by atoms with Gasteiger partial charge in [-0.05, 0) is 64.2 Å². The van der Waals surface area contributed by atoms with Crippen molar-refractivity contribution in [2.45, 2.75) is 64.2 Å². The summed E-state index contributed by atoms with van der Waals surface area (Å²) >= 11 is 0. The highest BCUT2D eigenvalue weighted by atomic mass is 16.1. The van der Waals surface area contributed by atoms with E-state index in [-0.39, 0.29) is 11.8 Å². The number of allylic oxidation sites excluding steroid dienone is 12. The molecule has 0 heterocycles. The molecule has 0 saturated heterocycles. The quantitative estimate of drug-likeness (QED) is 0.487. The third-order valence-electron chi connectivity index (χ3n) is 4.97. The minimum absolute atomic E-state index is 0.0366. The Morgan fingerprint density at radius 2 is 0.885 bits per heavy atom. The molecular formula is C25H34O. The van der Waals surface area contributed by atoms with Crippen molar-refractivity contribution in [3.05, 3.63) is 72.9 Å². The first-order valence-electron chi connectivity index (χ1n) is 10.3. The van der Waals surface area contributed by atoms with E-state index in [1.165, 1.54) is 0 Å². The molecule has 2 aliphatic carbocycles. The molecule has 2 rings (SSSR count). The number of ketones is 1. The molecule has 0 bridgehead atoms. The molecule has 0 radical (unpaired) electrons. The lowest BCUT2D eigenvalue weighted by molar-refractivity contribution is -0.124. The molecule has 140 valence electrons. The monoisotopic (exact) mass is 350 g/mol. The van der Waals surface area contributed by atoms with Gasteiger partial charge >= 0.3 is 0 Å². The summed E-state index contributed by atoms with van der Waals surface area (Å²) < 4.78 is 0. The van der Waals surface area contributed by atoms with Gasteiger partial charge in [0.1, 0.15) is 5.78 Å². The van der Waals surface area contributed by atoms with Crippen LogP contribution in [0.1, 0.15) is 64.2 Å². The van der Waals surface area contributed by atoms with E-state index in [0.29, 0.717) is 5.78 Å². The van der Waals surface area contributed by atoms with Crippen LogP contribution in [0, 0.1) is 11.8 Å². The van der Waals surface area contributed by atoms with Crippen molar-refractivity contribution in [2.24, 2.45) is 11.8 Å². The Kier molecular flexibility index (Phi) is 10.5. The van der Waals surface area contributed by atoms with Gasteiger partial charge in [-0.2, -0.15) is 0 Å². The highest BCUT2D eigenvalue weighted by Gasteiger charge is 2.22. The maximum atomic E-state index is 13.2. The normalized spacial score (nSPS) is 25.7. The molecule has 2 unspecified atom stereocenters. The summed E-state index contributed by atoms with van der Waals surface area (Å²) in [6.45, 7) is 0. The van der Waals surface area contributed by atoms with Gasteiger partial charge in [-0.1, -0.05) is 72.9 Å². The van der Waals surface area contributed by atoms with Gasteiger partial charge in [0.25, 0.3) is 0 Å². The van der Waals surface area contributed by atoms with Crippen LogP contribution in [-0.2, 0) is 4.79 Å². The van der Waals surface area contributed by atoms with Crippen molar-refractivity contribution in [1.29, 1.82) is 0 Å². The van der Waals surface area contributed by atoms with Crippen LogP contribution in [0.15, 0.2) is 72.9 Å². The second kappa shape index (κ2) is 13.3. The molecule has 0 aromatic carbocycles. The first-order chi connectivity index (χ1) is 12.9. The van der Waals surface area contributed by atoms with E-state index in [1.807, 2.05) is 0 Å². The van der Waals surface area contributed by atoms with Crippen molar-refractivity contribution in [1.82, 2.24) is 0 Å². The molecule has 2 aliphatic rings. The largest absolute Gasteiger partial charge is 0.298 e. The predicted octanol–water partition coefficient (Wildman–Crippen LogP) is 7.05. The van der Waals surface area contributed by atoms with Gasteiger partial charge in [-0.25, -0.2) is 0 Å². The average Bonchev–Trinajstić information content (AvgIpc) is 2.62. The maximum absolute atomic E-state index is 13.2. The lowest BCUT2D eigenvalue weighted by atomic mass is 9.85. The molecule has 0 aliphatic heterocycles. The van der Waals surface area contributed by atoms with Crippen molar-refractivity contribution >= 4 is 5.78 Å². The standard InChI is InChI=1S/C25H34O/c26-25(23-19-15-11-7-3-1-4-8-12-16-20-23)24-21-17-13-9-5-2-6-10-14-18-22-24/h3,5,7-10,12,14-15,17,19,21,23-24H,1-2,4,6,11,13,16,18,20,22H2. The second-order valence-electron chi connectivity index (χ2n) is 7.14. The summed E-state index contributed by atoms with van der Waals surface area (Å²) in [7, 11) is 0. The summed E-state index contributed by atoms with van der Waals surface area (Å²) in [5.74, 6) is 0.463. The summed E-state index contributed by atoms with van der Waals surface area (Å²) in [6.07, 6.45) is 36.7. The third kappa shape index (κ3) is 8.47. The van der Waals surface area contributed by atoms with E-state index in [4.69, 9.17) is 0 Å². The van der Waals surface area contributed by atoms with Gasteiger partial charge in [0.2, 0.25) is 0 Å². The van der Waals surface area contributed by atoms with E-state index in [9.17, 15) is 4.79 Å². The van der Waals surface area contributed by atoms with Crippen LogP contribution in [-0.4, -0.2) is 5.78 Å². The minimum Gasteiger partial charge on any atom is -0.298 e. The second-order valence-corrected chi connectivity index (χ2v) is 7.14. The fourth-order valence-corrected chi connectivity index (χ4v) is 3.42. The molecule has 0 aromatic heterocycles. The number of carbonyl (C=O) groups is 1. The number of carbonyl (C=O) groups excluding carboxylic acids is 1. The minimum atomic E-state index is 0.0366. The highest BCUT2D eigenvalue weighted by molar-refractivity contribution is 5.86. The molecule has 2 atom stereocenters. The SMILES string of the molecule is O=C(C1C=CCC=CCCC=CCC1)C1C=CCC=CCCC=CCC1. The maximum Gasteiger partial charge on any atom is 0.146 e. The Balaban J connectivity index is 2.06. The van der Waals surface area contributed by atoms with Crippen LogP contribution in [0.2, 0.25) is 0 Å². The topological polar surface area (TPSA) is 17.1 Å². The summed E-state index contributed by atoms with van der Waals surface area (Å²) in [5, 5.41) is 0. The van der Waals surface area contributed by atoms with Crippen LogP contribution >= 0.6 is 0 Å². The Bertz CT molecular complexity index is 521. The number of Topliss-reactive ketones (excluding diaryl/α,β-unsaturated/α-hetero) is 1. The zero-order chi connectivity index (χ0) is 18.3. The van der Waals surface area contributed by atoms with E-state index < -0.39 is 0 Å². The third-order valence-corrected chi connectivity index (χ3v) is 4.97. The van der Waals surface area contributed by atoms with Crippen molar-refractivity contribution in [3.63, 3.8) is 0 Å². The van der Waals surface area contributed by atoms with Crippen LogP contribution in [0.4, 0.5) is 0 Å². The molecule has 1 heteroatoms. The van der Waals surface area contributed by atoms with Gasteiger partial charge in [0.15, 0.2) is 0 Å². The van der Waals surface area contributed by atoms with Crippen LogP contribution in [0.25, 0.3) is 0 Å². The Morgan fingerprint density at radius 1 is 0.500 bits per heavy atom. The smallest absolute Gasteiger partial charge is 0.146 e. The summed E-state index contributed by atoms with van der Waals surface area (Å²) in [6, 6.07) is 0. The van der Waals surface area contributed by atoms with Crippen molar-refractivity contribution < 1.29 is 4.79 Å². The zero-order valence-electron chi connectivity index (χ0n) is 16.1. The Labute approximate surface area is 160 Å². The van der Waals surface area contributed by atoms with Gasteiger partial charge < -0.3 is 0 Å².